The van der Waals surface area contributed by atoms with E-state index in [1.807, 2.05) is 0 Å². The van der Waals surface area contributed by atoms with Gasteiger partial charge in [0.05, 0.1) is 25.8 Å². The molecule has 1 aliphatic rings. The Labute approximate surface area is 227 Å². The molecule has 0 radical (unpaired) electrons. The zero-order chi connectivity index (χ0) is 35.0. The second-order valence-electron chi connectivity index (χ2n) is 4.94. The average molecular weight is 538 g/mol. The smallest absolute Gasteiger partial charge is 0.756 e. The maximum absolute atomic E-state index is 12.7. The Kier molecular flexibility index (Phi) is 5.09. The molecular weight excluding hydrogens is 510 g/mol. The molecule has 1 aliphatic heterocycles. The summed E-state index contributed by atoms with van der Waals surface area (Å²) in [6, 6.07) is 0. The molecule has 18 nitrogen and oxygen atoms in total. The number of H-pyrrole nitrogens is 1. The normalized spacial score (nSPS) is 40.4. The van der Waals surface area contributed by atoms with Crippen molar-refractivity contribution in [2.75, 3.05) is 12.3 Å². The molecule has 33 heavy (non-hydrogen) atoms. The van der Waals surface area contributed by atoms with E-state index in [1.165, 1.54) is 0 Å². The predicted molar refractivity (Wildman–Crippen MR) is 92.5 cm³/mol. The molecule has 0 bridgehead atoms. The van der Waals surface area contributed by atoms with Crippen molar-refractivity contribution in [2.24, 2.45) is 0 Å². The molecule has 0 saturated carbocycles. The van der Waals surface area contributed by atoms with Crippen molar-refractivity contribution in [1.82, 2.24) is 19.5 Å². The Morgan fingerprint density at radius 3 is 2.91 bits per heavy atom. The average Bonchev–Trinajstić information content (AvgIpc) is 3.29. The summed E-state index contributed by atoms with van der Waals surface area (Å²) in [5.41, 5.74) is -4.12. The monoisotopic (exact) mass is 538 g/mol. The molecule has 0 amide bonds. The molecule has 6 atom stereocenters. The van der Waals surface area contributed by atoms with Crippen LogP contribution in [0.5, 0.6) is 0 Å². The minimum absolute atomic E-state index is 0. The number of phosphoric ester groups is 1. The number of ether oxygens (including phenoxy) is 1. The van der Waals surface area contributed by atoms with Crippen LogP contribution in [0, 0.1) is 0 Å². The summed E-state index contributed by atoms with van der Waals surface area (Å²) in [6.45, 7) is -4.61. The van der Waals surface area contributed by atoms with Crippen molar-refractivity contribution in [3.8, 4) is 0 Å². The number of anilines is 1. The van der Waals surface area contributed by atoms with Gasteiger partial charge in [0.25, 0.3) is 21.2 Å². The number of aromatic nitrogens is 4. The van der Waals surface area contributed by atoms with Gasteiger partial charge in [0.2, 0.25) is 10.2 Å². The number of hydrogen-bond donors (Lipinski definition) is 5. The van der Waals surface area contributed by atoms with E-state index in [0.717, 1.165) is 0 Å². The maximum atomic E-state index is 12.7. The summed E-state index contributed by atoms with van der Waals surface area (Å²) in [5, 5.41) is 3.93. The second-order valence-corrected chi connectivity index (χ2v) is 9.11. The molecule has 1 fully saturated rings. The first-order chi connectivity index (χ1) is 20.2. The van der Waals surface area contributed by atoms with Crippen molar-refractivity contribution in [2.45, 2.75) is 24.7 Å². The van der Waals surface area contributed by atoms with Gasteiger partial charge in [-0.15, -0.1) is 0 Å². The van der Waals surface area contributed by atoms with Gasteiger partial charge in [-0.3, -0.25) is 28.0 Å². The van der Waals surface area contributed by atoms with Crippen LogP contribution >= 0.6 is 23.5 Å². The first-order valence-corrected chi connectivity index (χ1v) is 11.3. The van der Waals surface area contributed by atoms with Crippen LogP contribution in [0.2, 0.25) is 4.24 Å². The molecule has 1 saturated heterocycles. The van der Waals surface area contributed by atoms with E-state index in [-0.39, 0.29) is 47.3 Å². The first-order valence-electron chi connectivity index (χ1n) is 13.5. The summed E-state index contributed by atoms with van der Waals surface area (Å²) in [5.74, 6) is -1.17. The summed E-state index contributed by atoms with van der Waals surface area (Å²) in [7, 11) is -19.2. The second kappa shape index (κ2) is 11.2. The topological polar surface area (TPSA) is 285 Å². The SMILES string of the molecule is [2H]O[C@@]1([2H])C([2H])([2H])[C@]([2H])([15n]2c([2H])[15n]c3c(=O)[15n]([2H])c([15N]([2H])[2H])[15n]c32)O[C@]1([2H])C([2H])([2H])OP(=O)(O[2H])OP(=O)([O-])OP(=O)([O-])O[2H].[Li+].[Li+]. The Bertz CT molecular complexity index is 1730. The van der Waals surface area contributed by atoms with E-state index in [4.69, 9.17) is 24.2 Å². The van der Waals surface area contributed by atoms with Crippen molar-refractivity contribution >= 4 is 40.6 Å². The molecule has 3 unspecified atom stereocenters. The fourth-order valence-electron chi connectivity index (χ4n) is 1.82. The summed E-state index contributed by atoms with van der Waals surface area (Å²) >= 11 is 0. The van der Waals surface area contributed by atoms with Gasteiger partial charge in [0.15, 0.2) is 15.4 Å². The van der Waals surface area contributed by atoms with Crippen LogP contribution < -0.4 is 58.8 Å². The third-order valence-corrected chi connectivity index (χ3v) is 6.29. The van der Waals surface area contributed by atoms with Crippen molar-refractivity contribution in [1.29, 1.82) is 4.29 Å². The number of nitrogens with two attached hydrogens (primary N) is 1. The van der Waals surface area contributed by atoms with Gasteiger partial charge in [0, 0.05) is 9.11 Å². The number of nitrogens with one attached hydrogen (secondary N) is 1. The number of rotatable bonds is 12. The molecule has 174 valence electrons. The van der Waals surface area contributed by atoms with E-state index >= 15 is 0 Å². The number of imidazole rings is 1. The third-order valence-electron chi connectivity index (χ3n) is 2.77. The number of nitrogens with zero attached hydrogens (tertiary/aromatic N) is 3. The molecule has 3 rings (SSSR count). The van der Waals surface area contributed by atoms with Crippen molar-refractivity contribution < 1.29 is 109 Å². The van der Waals surface area contributed by atoms with E-state index in [9.17, 15) is 28.3 Å². The molecule has 0 aromatic carbocycles. The minimum Gasteiger partial charge on any atom is -0.756 e. The van der Waals surface area contributed by atoms with Gasteiger partial charge >= 0.3 is 45.5 Å². The predicted octanol–water partition coefficient (Wildman–Crippen LogP) is -8.56. The van der Waals surface area contributed by atoms with E-state index in [2.05, 4.69) is 38.0 Å². The third kappa shape index (κ3) is 8.10. The molecule has 0 aliphatic carbocycles. The van der Waals surface area contributed by atoms with Gasteiger partial charge < -0.3 is 35.1 Å². The quantitative estimate of drug-likeness (QED) is 0.0952. The zero-order valence-corrected chi connectivity index (χ0v) is 18.6. The van der Waals surface area contributed by atoms with Gasteiger partial charge in [-0.05, 0) is 0 Å². The van der Waals surface area contributed by atoms with Gasteiger partial charge in [-0.2, -0.15) is 4.98 Å². The minimum atomic E-state index is -6.62. The number of nitrogen functional groups attached to an aromatic ring is 1. The van der Waals surface area contributed by atoms with E-state index in [0.29, 0.717) is 0 Å². The summed E-state index contributed by atoms with van der Waals surface area (Å²) in [4.78, 5) is 48.5. The Balaban J connectivity index is 0.00000552. The number of hydrogen-bond acceptors (Lipinski definition) is 16. The molecule has 3 heterocycles. The molecule has 23 heteroatoms. The largest absolute Gasteiger partial charge is 1.00 e. The molecule has 2 aromatic rings. The standard InChI is InChI=1S/C10H16N5O13P3.2Li/c11-10-13-8-7(9(17)14-10)12-3-15(8)6-1-4(16)5(26-6)2-25-30(21,22)28-31(23,24)27-29(18,19)20;;/h3-6,16H,1-2H2,(H,21,22)(H,23,24)(H2,18,19,20)(H3,11,13,14,17);;/q;2*+1/p-2/t4-,5+,6+;;/m0../s1/i1D2,2D2,3D,4D,5D,6D,11+1,12+1,13+1,14+1,15+1,16D;;/hD5. The van der Waals surface area contributed by atoms with Crippen molar-refractivity contribution in [3.63, 3.8) is 0 Å². The Morgan fingerprint density at radius 2 is 2.27 bits per heavy atom. The summed E-state index contributed by atoms with van der Waals surface area (Å²) < 4.78 is 160. The van der Waals surface area contributed by atoms with Crippen LogP contribution in [0.3, 0.4) is 0 Å². The van der Waals surface area contributed by atoms with Crippen LogP contribution in [0.25, 0.3) is 11.2 Å². The van der Waals surface area contributed by atoms with Crippen LogP contribution in [-0.4, -0.2) is 57.4 Å². The van der Waals surface area contributed by atoms with E-state index in [1.54, 1.807) is 0 Å². The number of aromatic amines is 1. The number of aliphatic hydroxyl groups is 1. The fourth-order valence-corrected chi connectivity index (χ4v) is 4.50. The van der Waals surface area contributed by atoms with E-state index < -0.39 is 89.5 Å². The van der Waals surface area contributed by atoms with Gasteiger partial charge in [-0.25, -0.2) is 18.2 Å². The maximum Gasteiger partial charge on any atom is 1.00 e. The Morgan fingerprint density at radius 1 is 1.52 bits per heavy atom. The molecule has 6 N–H and O–H groups in total. The van der Waals surface area contributed by atoms with Crippen LogP contribution in [0.1, 0.15) is 23.5 Å². The fraction of sp³-hybridized carbons (Fsp3) is 0.500. The molecule has 0 spiro atoms. The zero-order valence-electron chi connectivity index (χ0n) is 29.9. The molecular formula is C10H14Li2N5O13P3. The van der Waals surface area contributed by atoms with Crippen LogP contribution in [-0.2, 0) is 31.6 Å². The summed E-state index contributed by atoms with van der Waals surface area (Å²) in [6.07, 6.45) is -18.3. The number of phosphoric acid groups is 3. The number of fused-ring (bicyclic) bond motifs is 1. The van der Waals surface area contributed by atoms with Gasteiger partial charge in [0.1, 0.15) is 13.7 Å². The van der Waals surface area contributed by atoms with Crippen LogP contribution in [0.15, 0.2) is 11.1 Å². The molecule has 2 aromatic heterocycles. The first kappa shape index (κ1) is 15.0. The van der Waals surface area contributed by atoms with Crippen molar-refractivity contribution in [3.05, 3.63) is 16.7 Å². The van der Waals surface area contributed by atoms with Gasteiger partial charge in [-0.1, -0.05) is 0 Å². The van der Waals surface area contributed by atoms with Crippen LogP contribution in [0.4, 0.5) is 5.95 Å². The Hall–Kier alpha value is -0.325.